The van der Waals surface area contributed by atoms with Crippen molar-refractivity contribution in [1.29, 1.82) is 0 Å². The number of hydrogen-bond acceptors (Lipinski definition) is 2. The van der Waals surface area contributed by atoms with Crippen molar-refractivity contribution in [1.82, 2.24) is 5.32 Å². The Hall–Kier alpha value is -1.74. The normalized spacial score (nSPS) is 12.0. The van der Waals surface area contributed by atoms with Gasteiger partial charge in [-0.2, -0.15) is 0 Å². The minimum atomic E-state index is 0.0939. The van der Waals surface area contributed by atoms with Crippen LogP contribution in [-0.4, -0.2) is 11.7 Å². The summed E-state index contributed by atoms with van der Waals surface area (Å²) in [6.07, 6.45) is 0.900. The highest BCUT2D eigenvalue weighted by Gasteiger charge is 2.13. The number of thioether (sulfide) groups is 1. The van der Waals surface area contributed by atoms with Crippen molar-refractivity contribution in [2.75, 3.05) is 5.75 Å². The van der Waals surface area contributed by atoms with Crippen LogP contribution in [0.4, 0.5) is 0 Å². The number of carbonyl (C=O) groups excluding carboxylic acids is 1. The zero-order chi connectivity index (χ0) is 17.5. The van der Waals surface area contributed by atoms with Crippen LogP contribution in [0.3, 0.4) is 0 Å². The number of benzene rings is 2. The molecule has 2 aromatic carbocycles. The lowest BCUT2D eigenvalue weighted by molar-refractivity contribution is -0.119. The Morgan fingerprint density at radius 2 is 1.88 bits per heavy atom. The van der Waals surface area contributed by atoms with Gasteiger partial charge < -0.3 is 5.32 Å². The molecule has 2 aromatic rings. The lowest BCUT2D eigenvalue weighted by Gasteiger charge is -2.18. The van der Waals surface area contributed by atoms with Crippen molar-refractivity contribution >= 4 is 17.7 Å². The standard InChI is InChI=1S/C21H27NOS/c1-5-20(19-10-9-16(3)17(4)12-19)22-21(23)14-24-13-18-8-6-7-15(2)11-18/h6-12,20H,5,13-14H2,1-4H3,(H,22,23). The second-order valence-corrected chi connectivity index (χ2v) is 7.34. The summed E-state index contributed by atoms with van der Waals surface area (Å²) in [4.78, 5) is 12.3. The molecule has 0 spiro atoms. The van der Waals surface area contributed by atoms with E-state index in [0.29, 0.717) is 5.75 Å². The largest absolute Gasteiger partial charge is 0.349 e. The average Bonchev–Trinajstić information content (AvgIpc) is 2.55. The van der Waals surface area contributed by atoms with Crippen LogP contribution in [0.2, 0.25) is 0 Å². The molecule has 0 saturated carbocycles. The monoisotopic (exact) mass is 341 g/mol. The van der Waals surface area contributed by atoms with Gasteiger partial charge in [0.05, 0.1) is 11.8 Å². The van der Waals surface area contributed by atoms with Gasteiger partial charge >= 0.3 is 0 Å². The van der Waals surface area contributed by atoms with Gasteiger partial charge in [0, 0.05) is 5.75 Å². The summed E-state index contributed by atoms with van der Waals surface area (Å²) < 4.78 is 0. The summed E-state index contributed by atoms with van der Waals surface area (Å²) in [6, 6.07) is 15.0. The van der Waals surface area contributed by atoms with Crippen molar-refractivity contribution < 1.29 is 4.79 Å². The summed E-state index contributed by atoms with van der Waals surface area (Å²) in [5, 5.41) is 3.17. The van der Waals surface area contributed by atoms with E-state index in [1.54, 1.807) is 11.8 Å². The van der Waals surface area contributed by atoms with Crippen molar-refractivity contribution in [2.24, 2.45) is 0 Å². The number of amides is 1. The predicted octanol–water partition coefficient (Wildman–Crippen LogP) is 5.11. The molecule has 0 aliphatic heterocycles. The fourth-order valence-corrected chi connectivity index (χ4v) is 3.49. The van der Waals surface area contributed by atoms with Crippen molar-refractivity contribution in [3.05, 3.63) is 70.3 Å². The number of rotatable bonds is 7. The van der Waals surface area contributed by atoms with E-state index in [9.17, 15) is 4.79 Å². The number of hydrogen-bond donors (Lipinski definition) is 1. The summed E-state index contributed by atoms with van der Waals surface area (Å²) in [5.41, 5.74) is 6.28. The highest BCUT2D eigenvalue weighted by atomic mass is 32.2. The summed E-state index contributed by atoms with van der Waals surface area (Å²) in [5.74, 6) is 1.47. The van der Waals surface area contributed by atoms with Crippen molar-refractivity contribution in [3.63, 3.8) is 0 Å². The molecular weight excluding hydrogens is 314 g/mol. The molecular formula is C21H27NOS. The number of aryl methyl sites for hydroxylation is 3. The van der Waals surface area contributed by atoms with Crippen LogP contribution in [0.25, 0.3) is 0 Å². The first-order valence-electron chi connectivity index (χ1n) is 8.49. The number of carbonyl (C=O) groups is 1. The smallest absolute Gasteiger partial charge is 0.230 e. The van der Waals surface area contributed by atoms with E-state index in [2.05, 4.69) is 75.5 Å². The van der Waals surface area contributed by atoms with Crippen LogP contribution in [0, 0.1) is 20.8 Å². The molecule has 0 saturated heterocycles. The van der Waals surface area contributed by atoms with E-state index in [1.807, 2.05) is 0 Å². The van der Waals surface area contributed by atoms with E-state index < -0.39 is 0 Å². The Kier molecular flexibility index (Phi) is 6.92. The Morgan fingerprint density at radius 3 is 2.54 bits per heavy atom. The average molecular weight is 342 g/mol. The van der Waals surface area contributed by atoms with E-state index in [-0.39, 0.29) is 11.9 Å². The van der Waals surface area contributed by atoms with Gasteiger partial charge in [-0.25, -0.2) is 0 Å². The van der Waals surface area contributed by atoms with Crippen LogP contribution in [-0.2, 0) is 10.5 Å². The Morgan fingerprint density at radius 1 is 1.08 bits per heavy atom. The third-order valence-corrected chi connectivity index (χ3v) is 5.26. The molecule has 1 amide bonds. The molecule has 0 radical (unpaired) electrons. The van der Waals surface area contributed by atoms with Gasteiger partial charge in [0.2, 0.25) is 5.91 Å². The van der Waals surface area contributed by atoms with E-state index in [0.717, 1.165) is 12.2 Å². The first kappa shape index (κ1) is 18.6. The molecule has 2 nitrogen and oxygen atoms in total. The maximum atomic E-state index is 12.3. The molecule has 2 rings (SSSR count). The predicted molar refractivity (Wildman–Crippen MR) is 104 cm³/mol. The molecule has 1 atom stereocenters. The molecule has 0 heterocycles. The van der Waals surface area contributed by atoms with E-state index in [1.165, 1.54) is 27.8 Å². The van der Waals surface area contributed by atoms with Gasteiger partial charge in [0.1, 0.15) is 0 Å². The fraction of sp³-hybridized carbons (Fsp3) is 0.381. The second kappa shape index (κ2) is 8.93. The third kappa shape index (κ3) is 5.41. The van der Waals surface area contributed by atoms with Gasteiger partial charge in [0.25, 0.3) is 0 Å². The molecule has 0 fully saturated rings. The van der Waals surface area contributed by atoms with Crippen LogP contribution >= 0.6 is 11.8 Å². The zero-order valence-electron chi connectivity index (χ0n) is 15.1. The SMILES string of the molecule is CCC(NC(=O)CSCc1cccc(C)c1)c1ccc(C)c(C)c1. The number of nitrogens with one attached hydrogen (secondary N) is 1. The molecule has 1 N–H and O–H groups in total. The molecule has 3 heteroatoms. The van der Waals surface area contributed by atoms with Gasteiger partial charge in [0.15, 0.2) is 0 Å². The van der Waals surface area contributed by atoms with Crippen LogP contribution < -0.4 is 5.32 Å². The summed E-state index contributed by atoms with van der Waals surface area (Å²) in [6.45, 7) is 8.43. The van der Waals surface area contributed by atoms with Crippen LogP contribution in [0.1, 0.15) is 47.2 Å². The summed E-state index contributed by atoms with van der Waals surface area (Å²) >= 11 is 1.66. The van der Waals surface area contributed by atoms with Gasteiger partial charge in [-0.05, 0) is 49.4 Å². The highest BCUT2D eigenvalue weighted by molar-refractivity contribution is 7.99. The van der Waals surface area contributed by atoms with E-state index in [4.69, 9.17) is 0 Å². The molecule has 0 aliphatic rings. The highest BCUT2D eigenvalue weighted by Crippen LogP contribution is 2.20. The Balaban J connectivity index is 1.86. The molecule has 24 heavy (non-hydrogen) atoms. The molecule has 0 aliphatic carbocycles. The Bertz CT molecular complexity index is 696. The lowest BCUT2D eigenvalue weighted by atomic mass is 9.99. The van der Waals surface area contributed by atoms with Gasteiger partial charge in [-0.3, -0.25) is 4.79 Å². The quantitative estimate of drug-likeness (QED) is 0.758. The van der Waals surface area contributed by atoms with Crippen molar-refractivity contribution in [2.45, 2.75) is 45.9 Å². The van der Waals surface area contributed by atoms with Crippen LogP contribution in [0.15, 0.2) is 42.5 Å². The van der Waals surface area contributed by atoms with Crippen molar-refractivity contribution in [3.8, 4) is 0 Å². The third-order valence-electron chi connectivity index (χ3n) is 4.26. The lowest BCUT2D eigenvalue weighted by Crippen LogP contribution is -2.29. The van der Waals surface area contributed by atoms with Crippen LogP contribution in [0.5, 0.6) is 0 Å². The molecule has 0 bridgehead atoms. The Labute approximate surface area is 150 Å². The first-order chi connectivity index (χ1) is 11.5. The molecule has 128 valence electrons. The fourth-order valence-electron chi connectivity index (χ4n) is 2.70. The molecule has 1 unspecified atom stereocenters. The van der Waals surface area contributed by atoms with Gasteiger partial charge in [-0.15, -0.1) is 11.8 Å². The maximum absolute atomic E-state index is 12.3. The first-order valence-corrected chi connectivity index (χ1v) is 9.65. The molecule has 0 aromatic heterocycles. The zero-order valence-corrected chi connectivity index (χ0v) is 15.9. The topological polar surface area (TPSA) is 29.1 Å². The van der Waals surface area contributed by atoms with Gasteiger partial charge in [-0.1, -0.05) is 55.0 Å². The minimum Gasteiger partial charge on any atom is -0.349 e. The minimum absolute atomic E-state index is 0.0939. The second-order valence-electron chi connectivity index (χ2n) is 6.35. The maximum Gasteiger partial charge on any atom is 0.230 e. The summed E-state index contributed by atoms with van der Waals surface area (Å²) in [7, 11) is 0. The van der Waals surface area contributed by atoms with E-state index >= 15 is 0 Å².